The lowest BCUT2D eigenvalue weighted by Gasteiger charge is -2.19. The maximum atomic E-state index is 9.93. The van der Waals surface area contributed by atoms with Gasteiger partial charge in [-0.05, 0) is 194 Å². The van der Waals surface area contributed by atoms with Crippen LogP contribution in [-0.2, 0) is 39.4 Å². The van der Waals surface area contributed by atoms with Gasteiger partial charge in [-0.2, -0.15) is 0 Å². The lowest BCUT2D eigenvalue weighted by Crippen LogP contribution is -2.12. The number of aryl methyl sites for hydroxylation is 8. The van der Waals surface area contributed by atoms with E-state index in [2.05, 4.69) is 277 Å². The summed E-state index contributed by atoms with van der Waals surface area (Å²) in [6.45, 7) is 35.2. The first-order valence-corrected chi connectivity index (χ1v) is 43.5. The van der Waals surface area contributed by atoms with Crippen LogP contribution >= 0.6 is 0 Å². The van der Waals surface area contributed by atoms with E-state index >= 15 is 0 Å². The Hall–Kier alpha value is -14.3. The number of hydrogen-bond acceptors (Lipinski definition) is 24. The second kappa shape index (κ2) is 42.8. The first-order valence-electron chi connectivity index (χ1n) is 43.5. The molecule has 0 bridgehead atoms. The first-order chi connectivity index (χ1) is 62.2. The molecule has 3 atom stereocenters. The molecule has 0 saturated carbocycles. The van der Waals surface area contributed by atoms with Gasteiger partial charge in [0.25, 0.3) is 0 Å². The third-order valence-corrected chi connectivity index (χ3v) is 22.1. The van der Waals surface area contributed by atoms with Crippen molar-refractivity contribution in [3.05, 3.63) is 333 Å². The highest BCUT2D eigenvalue weighted by Crippen LogP contribution is 2.35. The zero-order valence-corrected chi connectivity index (χ0v) is 76.3. The van der Waals surface area contributed by atoms with Crippen molar-refractivity contribution in [1.82, 2.24) is 98.9 Å². The minimum absolute atomic E-state index is 0.0975. The van der Waals surface area contributed by atoms with Crippen LogP contribution in [0.3, 0.4) is 0 Å². The highest BCUT2D eigenvalue weighted by Gasteiger charge is 2.23. The number of aliphatic hydroxyl groups is 4. The van der Waals surface area contributed by atoms with Gasteiger partial charge in [-0.15, -0.1) is 40.8 Å². The second-order valence-electron chi connectivity index (χ2n) is 33.2. The molecule has 28 nitrogen and oxygen atoms in total. The molecule has 0 saturated heterocycles. The largest absolute Gasteiger partial charge is 0.390 e. The molecule has 0 aliphatic carbocycles. The van der Waals surface area contributed by atoms with Crippen LogP contribution < -0.4 is 21.3 Å². The predicted molar refractivity (Wildman–Crippen MR) is 507 cm³/mol. The van der Waals surface area contributed by atoms with E-state index in [1.54, 1.807) is 25.3 Å². The number of aromatic nitrogens is 20. The van der Waals surface area contributed by atoms with E-state index in [0.717, 1.165) is 97.5 Å². The molecular weight excluding hydrogens is 1610 g/mol. The lowest BCUT2D eigenvalue weighted by atomic mass is 10.0. The van der Waals surface area contributed by atoms with Crippen molar-refractivity contribution in [1.29, 1.82) is 0 Å². The Kier molecular flexibility index (Phi) is 30.6. The molecule has 12 heterocycles. The van der Waals surface area contributed by atoms with Gasteiger partial charge in [-0.1, -0.05) is 168 Å². The zero-order chi connectivity index (χ0) is 91.5. The highest BCUT2D eigenvalue weighted by molar-refractivity contribution is 5.66. The number of nitrogens with one attached hydrogen (secondary N) is 4. The molecule has 129 heavy (non-hydrogen) atoms. The molecule has 12 aromatic heterocycles. The van der Waals surface area contributed by atoms with Crippen LogP contribution in [0.15, 0.2) is 226 Å². The molecule has 0 amide bonds. The summed E-state index contributed by atoms with van der Waals surface area (Å²) >= 11 is 0. The molecule has 0 aliphatic heterocycles. The van der Waals surface area contributed by atoms with Crippen LogP contribution in [0, 0.1) is 48.5 Å². The van der Waals surface area contributed by atoms with E-state index in [9.17, 15) is 20.4 Å². The molecule has 0 fully saturated rings. The minimum Gasteiger partial charge on any atom is -0.390 e. The van der Waals surface area contributed by atoms with Gasteiger partial charge in [0.05, 0.1) is 161 Å². The van der Waals surface area contributed by atoms with Crippen molar-refractivity contribution >= 4 is 23.3 Å². The average molecular weight is 1730 g/mol. The number of anilines is 4. The van der Waals surface area contributed by atoms with Crippen molar-refractivity contribution < 1.29 is 20.4 Å². The van der Waals surface area contributed by atoms with Crippen molar-refractivity contribution in [3.63, 3.8) is 0 Å². The standard InChI is InChI=1S/C26H30N6O.3C25H28N6O/c1-16(2)21-12-23(30-31-26(21)28-19(5)20-8-6-17(3)7-9-20)22-10-11-25(24(14-33)29-22)32-13-18(4)27-15-32;1-16(2)20-11-22(29-30-25(20)26-12-19-7-5-17(3)6-8-19)21-9-10-24(23(14-32)28-21)31-13-18(4)27-15-31;1-16(2)20-12-22(29-30-25(20)27-18(4)19-8-6-5-7-9-19)21-10-11-24(23(14-32)28-21)31-13-17(3)26-15-31;1-5-19-12-22(29-30-25(19)27-18(4)20-8-6-16(2)7-9-20)21-10-11-24(23(14-32)28-21)31-13-17(3)26-15-31/h6-13,15-16,19,33H,14H2,1-5H3,(H,28,31);5-11,13,15-16,32H,12,14H2,1-4H3,(H,26,30);5-13,15-16,18,32H,14H2,1-4H3,(H,27,30);6-13,15,18,32H,5,14H2,1-4H3,(H,27,30)/t19-;;2*18-/m0.01/s1. The van der Waals surface area contributed by atoms with Crippen molar-refractivity contribution in [3.8, 4) is 68.3 Å². The zero-order valence-electron chi connectivity index (χ0n) is 76.3. The van der Waals surface area contributed by atoms with E-state index in [4.69, 9.17) is 0 Å². The third kappa shape index (κ3) is 23.3. The van der Waals surface area contributed by atoms with Crippen LogP contribution in [0.25, 0.3) is 68.3 Å². The molecule has 28 heteroatoms. The Labute approximate surface area is 753 Å². The SMILES string of the molecule is CCc1cc(-c2ccc(-n3cnc(C)c3)c(CO)n2)nnc1N[C@H](C)c1ccc(C)cc1.Cc1ccc(CNc2nnc(-c3ccc(-n4cnc(C)c4)c(CO)n3)cc2C(C)C)cc1.Cc1ccc([C@H](C)Nc2nnc(-c3ccc(-n4cnc(C)c4)c(CO)n3)cc2C(C)C)cc1.Cc1cn(-c2ccc(-c3cc(C(C)C)c(N[C@@H](C)c4ccccc4)nn3)nc2CO)cn1. The van der Waals surface area contributed by atoms with Gasteiger partial charge in [-0.3, -0.25) is 0 Å². The van der Waals surface area contributed by atoms with Gasteiger partial charge in [0, 0.05) is 48.0 Å². The smallest absolute Gasteiger partial charge is 0.152 e. The molecular formula is C101H114N24O4. The lowest BCUT2D eigenvalue weighted by molar-refractivity contribution is 0.276. The summed E-state index contributed by atoms with van der Waals surface area (Å²) in [6.07, 6.45) is 15.3. The Bertz CT molecular complexity index is 6420. The van der Waals surface area contributed by atoms with E-state index in [1.165, 1.54) is 38.9 Å². The van der Waals surface area contributed by atoms with Gasteiger partial charge < -0.3 is 60.0 Å². The van der Waals surface area contributed by atoms with Crippen LogP contribution in [-0.4, -0.2) is 119 Å². The Morgan fingerprint density at radius 1 is 0.302 bits per heavy atom. The number of pyridine rings is 4. The maximum absolute atomic E-state index is 9.93. The number of aliphatic hydroxyl groups excluding tert-OH is 4. The fraction of sp³-hybridized carbons (Fsp3) is 0.287. The van der Waals surface area contributed by atoms with Crippen LogP contribution in [0.1, 0.15) is 212 Å². The molecule has 8 N–H and O–H groups in total. The van der Waals surface area contributed by atoms with Gasteiger partial charge in [0.1, 0.15) is 22.8 Å². The van der Waals surface area contributed by atoms with Crippen LogP contribution in [0.4, 0.5) is 23.3 Å². The van der Waals surface area contributed by atoms with E-state index in [-0.39, 0.29) is 62.3 Å². The van der Waals surface area contributed by atoms with Crippen LogP contribution in [0.5, 0.6) is 0 Å². The number of nitrogens with zero attached hydrogens (tertiary/aromatic N) is 20. The minimum atomic E-state index is -0.182. The van der Waals surface area contributed by atoms with Crippen molar-refractivity contribution in [2.75, 3.05) is 21.3 Å². The summed E-state index contributed by atoms with van der Waals surface area (Å²) in [5, 5.41) is 89.3. The number of rotatable bonds is 28. The fourth-order valence-electron chi connectivity index (χ4n) is 14.6. The van der Waals surface area contributed by atoms with E-state index in [0.29, 0.717) is 74.9 Å². The Morgan fingerprint density at radius 2 is 0.589 bits per heavy atom. The monoisotopic (exact) mass is 1730 g/mol. The highest BCUT2D eigenvalue weighted by atomic mass is 16.3. The van der Waals surface area contributed by atoms with Gasteiger partial charge >= 0.3 is 0 Å². The van der Waals surface area contributed by atoms with Gasteiger partial charge in [0.2, 0.25) is 0 Å². The van der Waals surface area contributed by atoms with Crippen molar-refractivity contribution in [2.24, 2.45) is 0 Å². The van der Waals surface area contributed by atoms with Crippen LogP contribution in [0.2, 0.25) is 0 Å². The third-order valence-electron chi connectivity index (χ3n) is 22.1. The number of imidazole rings is 4. The second-order valence-corrected chi connectivity index (χ2v) is 33.2. The molecule has 0 spiro atoms. The summed E-state index contributed by atoms with van der Waals surface area (Å²) in [7, 11) is 0. The number of benzene rings is 4. The molecule has 0 unspecified atom stereocenters. The van der Waals surface area contributed by atoms with Crippen molar-refractivity contribution in [2.45, 2.75) is 193 Å². The fourth-order valence-corrected chi connectivity index (χ4v) is 14.6. The maximum Gasteiger partial charge on any atom is 0.152 e. The summed E-state index contributed by atoms with van der Waals surface area (Å²) in [6, 6.07) is 59.4. The quantitative estimate of drug-likeness (QED) is 0.0226. The topological polar surface area (TPSA) is 355 Å². The number of hydrogen-bond donors (Lipinski definition) is 8. The molecule has 16 rings (SSSR count). The summed E-state index contributed by atoms with van der Waals surface area (Å²) in [5.74, 6) is 3.85. The molecule has 16 aromatic rings. The Morgan fingerprint density at radius 3 is 0.891 bits per heavy atom. The van der Waals surface area contributed by atoms with E-state index in [1.807, 2.05) is 162 Å². The average Bonchev–Trinajstić information content (AvgIpc) is 1.75. The van der Waals surface area contributed by atoms with Gasteiger partial charge in [0.15, 0.2) is 23.3 Å². The van der Waals surface area contributed by atoms with E-state index < -0.39 is 0 Å². The summed E-state index contributed by atoms with van der Waals surface area (Å²) < 4.78 is 7.45. The molecule has 4 aromatic carbocycles. The summed E-state index contributed by atoms with van der Waals surface area (Å²) in [4.78, 5) is 35.7. The normalized spacial score (nSPS) is 11.9. The Balaban J connectivity index is 0.000000147. The molecule has 0 radical (unpaired) electrons. The van der Waals surface area contributed by atoms with Gasteiger partial charge in [-0.25, -0.2) is 39.9 Å². The molecule has 0 aliphatic rings. The first kappa shape index (κ1) is 92.4. The predicted octanol–water partition coefficient (Wildman–Crippen LogP) is 19.1. The molecule has 662 valence electrons. The summed E-state index contributed by atoms with van der Waals surface area (Å²) in [5.41, 5.74) is 27.2.